The molecule has 0 radical (unpaired) electrons. The van der Waals surface area contributed by atoms with E-state index < -0.39 is 11.9 Å². The number of rotatable bonds is 15. The van der Waals surface area contributed by atoms with Crippen LogP contribution in [0.1, 0.15) is 79.7 Å². The third kappa shape index (κ3) is 11.6. The van der Waals surface area contributed by atoms with Gasteiger partial charge >= 0.3 is 5.97 Å². The Morgan fingerprint density at radius 2 is 1.62 bits per heavy atom. The molecule has 0 amide bonds. The Morgan fingerprint density at radius 1 is 1.03 bits per heavy atom. The number of Topliss-reactive ketones (excluding diaryl/α,β-unsaturated/α-hetero) is 1. The molecule has 1 aromatic carbocycles. The average Bonchev–Trinajstić information content (AvgIpc) is 2.60. The van der Waals surface area contributed by atoms with Crippen molar-refractivity contribution in [1.29, 1.82) is 0 Å². The van der Waals surface area contributed by atoms with Crippen molar-refractivity contribution < 1.29 is 24.2 Å². The standard InChI is InChI=1S/C26H43NO5/c1-18-9-11-23(12-10-18)32-26(7,8)17-21(4)31-25(5,6)16-19(2)27-14-13-22(24(29)30)15-20(3)28/h9-12,19,21-22,27H,13-17H2,1-8H3,(H,29,30). The zero-order chi connectivity index (χ0) is 24.5. The van der Waals surface area contributed by atoms with E-state index in [9.17, 15) is 14.7 Å². The first kappa shape index (κ1) is 28.1. The van der Waals surface area contributed by atoms with Gasteiger partial charge in [-0.25, -0.2) is 0 Å². The molecule has 0 fully saturated rings. The third-order valence-electron chi connectivity index (χ3n) is 5.38. The van der Waals surface area contributed by atoms with Crippen LogP contribution >= 0.6 is 0 Å². The van der Waals surface area contributed by atoms with E-state index in [0.717, 1.165) is 18.6 Å². The number of benzene rings is 1. The average molecular weight is 450 g/mol. The van der Waals surface area contributed by atoms with Gasteiger partial charge in [0.05, 0.1) is 17.6 Å². The molecular weight excluding hydrogens is 406 g/mol. The van der Waals surface area contributed by atoms with Crippen LogP contribution in [-0.4, -0.2) is 46.8 Å². The van der Waals surface area contributed by atoms with E-state index in [1.807, 2.05) is 24.3 Å². The molecular formula is C26H43NO5. The molecule has 0 spiro atoms. The number of nitrogens with one attached hydrogen (secondary N) is 1. The summed E-state index contributed by atoms with van der Waals surface area (Å²) in [5, 5.41) is 12.6. The maximum Gasteiger partial charge on any atom is 0.306 e. The lowest BCUT2D eigenvalue weighted by atomic mass is 9.96. The van der Waals surface area contributed by atoms with Crippen LogP contribution in [0.25, 0.3) is 0 Å². The number of carboxylic acids is 1. The highest BCUT2D eigenvalue weighted by atomic mass is 16.5. The summed E-state index contributed by atoms with van der Waals surface area (Å²) in [5.74, 6) is -0.785. The second-order valence-electron chi connectivity index (χ2n) is 10.4. The number of hydrogen-bond acceptors (Lipinski definition) is 5. The molecule has 0 aliphatic rings. The van der Waals surface area contributed by atoms with Crippen molar-refractivity contribution in [3.8, 4) is 5.75 Å². The van der Waals surface area contributed by atoms with Gasteiger partial charge in [0.25, 0.3) is 0 Å². The molecule has 2 N–H and O–H groups in total. The van der Waals surface area contributed by atoms with Crippen molar-refractivity contribution >= 4 is 11.8 Å². The molecule has 6 nitrogen and oxygen atoms in total. The van der Waals surface area contributed by atoms with E-state index in [4.69, 9.17) is 9.47 Å². The molecule has 182 valence electrons. The molecule has 0 saturated carbocycles. The van der Waals surface area contributed by atoms with Crippen LogP contribution in [0.3, 0.4) is 0 Å². The van der Waals surface area contributed by atoms with E-state index >= 15 is 0 Å². The first-order valence-electron chi connectivity index (χ1n) is 11.6. The fraction of sp³-hybridized carbons (Fsp3) is 0.692. The first-order chi connectivity index (χ1) is 14.7. The van der Waals surface area contributed by atoms with E-state index in [1.54, 1.807) is 0 Å². The van der Waals surface area contributed by atoms with Crippen molar-refractivity contribution in [1.82, 2.24) is 5.32 Å². The van der Waals surface area contributed by atoms with Gasteiger partial charge in [-0.1, -0.05) is 17.7 Å². The minimum atomic E-state index is -0.914. The van der Waals surface area contributed by atoms with Crippen LogP contribution in [0, 0.1) is 12.8 Å². The van der Waals surface area contributed by atoms with Crippen LogP contribution in [0.2, 0.25) is 0 Å². The van der Waals surface area contributed by atoms with Crippen LogP contribution < -0.4 is 10.1 Å². The van der Waals surface area contributed by atoms with Crippen molar-refractivity contribution in [2.24, 2.45) is 5.92 Å². The highest BCUT2D eigenvalue weighted by Gasteiger charge is 2.29. The number of aryl methyl sites for hydroxylation is 1. The van der Waals surface area contributed by atoms with Crippen LogP contribution in [0.15, 0.2) is 24.3 Å². The molecule has 0 aliphatic carbocycles. The highest BCUT2D eigenvalue weighted by Crippen LogP contribution is 2.27. The number of carbonyl (C=O) groups excluding carboxylic acids is 1. The number of carbonyl (C=O) groups is 2. The second kappa shape index (κ2) is 12.4. The Bertz CT molecular complexity index is 726. The van der Waals surface area contributed by atoms with E-state index in [0.29, 0.717) is 13.0 Å². The predicted octanol–water partition coefficient (Wildman–Crippen LogP) is 5.16. The van der Waals surface area contributed by atoms with E-state index in [2.05, 4.69) is 53.8 Å². The van der Waals surface area contributed by atoms with Gasteiger partial charge in [-0.15, -0.1) is 0 Å². The van der Waals surface area contributed by atoms with Gasteiger partial charge in [0.1, 0.15) is 17.1 Å². The van der Waals surface area contributed by atoms with Gasteiger partial charge in [0.15, 0.2) is 0 Å². The van der Waals surface area contributed by atoms with E-state index in [1.165, 1.54) is 12.5 Å². The molecule has 3 atom stereocenters. The summed E-state index contributed by atoms with van der Waals surface area (Å²) in [4.78, 5) is 22.5. The molecule has 1 rings (SSSR count). The largest absolute Gasteiger partial charge is 0.488 e. The number of carboxylic acid groups (broad SMARTS) is 1. The lowest BCUT2D eigenvalue weighted by Crippen LogP contribution is -2.41. The van der Waals surface area contributed by atoms with Crippen LogP contribution in [-0.2, 0) is 14.3 Å². The molecule has 0 aromatic heterocycles. The van der Waals surface area contributed by atoms with Crippen molar-refractivity contribution in [3.05, 3.63) is 29.8 Å². The fourth-order valence-corrected chi connectivity index (χ4v) is 4.27. The predicted molar refractivity (Wildman–Crippen MR) is 128 cm³/mol. The Hall–Kier alpha value is -1.92. The Morgan fingerprint density at radius 3 is 2.16 bits per heavy atom. The maximum absolute atomic E-state index is 11.3. The molecule has 1 aromatic rings. The summed E-state index contributed by atoms with van der Waals surface area (Å²) in [7, 11) is 0. The summed E-state index contributed by atoms with van der Waals surface area (Å²) < 4.78 is 12.5. The number of aliphatic carboxylic acids is 1. The number of ketones is 1. The Balaban J connectivity index is 2.48. The lowest BCUT2D eigenvalue weighted by molar-refractivity contribution is -0.143. The zero-order valence-corrected chi connectivity index (χ0v) is 21.2. The summed E-state index contributed by atoms with van der Waals surface area (Å²) in [6.45, 7) is 16.5. The van der Waals surface area contributed by atoms with Gasteiger partial charge in [-0.3, -0.25) is 4.79 Å². The quantitative estimate of drug-likeness (QED) is 0.384. The molecule has 0 aliphatic heterocycles. The maximum atomic E-state index is 11.3. The number of ether oxygens (including phenoxy) is 2. The van der Waals surface area contributed by atoms with Crippen molar-refractivity contribution in [2.75, 3.05) is 6.54 Å². The van der Waals surface area contributed by atoms with E-state index in [-0.39, 0.29) is 35.6 Å². The molecule has 6 heteroatoms. The lowest BCUT2D eigenvalue weighted by Gasteiger charge is -2.35. The second-order valence-corrected chi connectivity index (χ2v) is 10.4. The van der Waals surface area contributed by atoms with Crippen LogP contribution in [0.5, 0.6) is 5.75 Å². The van der Waals surface area contributed by atoms with Crippen molar-refractivity contribution in [3.63, 3.8) is 0 Å². The molecule has 0 bridgehead atoms. The Kier molecular flexibility index (Phi) is 10.9. The van der Waals surface area contributed by atoms with Crippen LogP contribution in [0.4, 0.5) is 0 Å². The normalized spacial score (nSPS) is 15.1. The molecule has 0 heterocycles. The third-order valence-corrected chi connectivity index (χ3v) is 5.38. The minimum absolute atomic E-state index is 0.00426. The molecule has 3 unspecified atom stereocenters. The monoisotopic (exact) mass is 449 g/mol. The van der Waals surface area contributed by atoms with Gasteiger partial charge < -0.3 is 24.7 Å². The first-order valence-corrected chi connectivity index (χ1v) is 11.6. The minimum Gasteiger partial charge on any atom is -0.488 e. The summed E-state index contributed by atoms with van der Waals surface area (Å²) in [6, 6.07) is 8.22. The number of hydrogen-bond donors (Lipinski definition) is 2. The topological polar surface area (TPSA) is 84.9 Å². The van der Waals surface area contributed by atoms with Gasteiger partial charge in [0, 0.05) is 18.9 Å². The summed E-state index contributed by atoms with van der Waals surface area (Å²) in [5.41, 5.74) is 0.489. The highest BCUT2D eigenvalue weighted by molar-refractivity contribution is 5.81. The molecule has 0 saturated heterocycles. The summed E-state index contributed by atoms with van der Waals surface area (Å²) >= 11 is 0. The zero-order valence-electron chi connectivity index (χ0n) is 21.2. The van der Waals surface area contributed by atoms with Gasteiger partial charge in [-0.2, -0.15) is 0 Å². The van der Waals surface area contributed by atoms with Gasteiger partial charge in [-0.05, 0) is 86.9 Å². The van der Waals surface area contributed by atoms with Gasteiger partial charge in [0.2, 0.25) is 0 Å². The van der Waals surface area contributed by atoms with Crippen molar-refractivity contribution in [2.45, 2.75) is 104 Å². The smallest absolute Gasteiger partial charge is 0.306 e. The molecule has 32 heavy (non-hydrogen) atoms. The summed E-state index contributed by atoms with van der Waals surface area (Å²) in [6.07, 6.45) is 2.04. The fourth-order valence-electron chi connectivity index (χ4n) is 4.27. The Labute approximate surface area is 194 Å². The SMILES string of the molecule is CC(=O)CC(CCNC(C)CC(C)(C)OC(C)CC(C)(C)Oc1ccc(C)cc1)C(=O)O.